The SMILES string of the molecule is CCN1CCCC1CNC(=NCc1nnc(C)n1C)N1CCC(N2CCOCC2)C1. The lowest BCUT2D eigenvalue weighted by Gasteiger charge is -2.32. The van der Waals surface area contributed by atoms with E-state index in [-0.39, 0.29) is 0 Å². The van der Waals surface area contributed by atoms with E-state index in [4.69, 9.17) is 9.73 Å². The van der Waals surface area contributed by atoms with Crippen molar-refractivity contribution in [2.24, 2.45) is 12.0 Å². The van der Waals surface area contributed by atoms with Crippen molar-refractivity contribution in [2.45, 2.75) is 51.7 Å². The van der Waals surface area contributed by atoms with Crippen LogP contribution in [0, 0.1) is 6.92 Å². The highest BCUT2D eigenvalue weighted by Gasteiger charge is 2.31. The maximum atomic E-state index is 5.54. The highest BCUT2D eigenvalue weighted by Crippen LogP contribution is 2.19. The summed E-state index contributed by atoms with van der Waals surface area (Å²) >= 11 is 0. The Hall–Kier alpha value is -1.71. The predicted octanol–water partition coefficient (Wildman–Crippen LogP) is 0.460. The summed E-state index contributed by atoms with van der Waals surface area (Å²) in [5.41, 5.74) is 0. The second kappa shape index (κ2) is 10.1. The molecular weight excluding hydrogens is 380 g/mol. The molecule has 3 aliphatic rings. The molecule has 0 radical (unpaired) electrons. The Kier molecular flexibility index (Phi) is 7.22. The van der Waals surface area contributed by atoms with Gasteiger partial charge >= 0.3 is 0 Å². The molecule has 0 saturated carbocycles. The average molecular weight is 419 g/mol. The number of aryl methyl sites for hydroxylation is 1. The van der Waals surface area contributed by atoms with Gasteiger partial charge in [0.15, 0.2) is 11.8 Å². The summed E-state index contributed by atoms with van der Waals surface area (Å²) in [5.74, 6) is 2.86. The maximum absolute atomic E-state index is 5.54. The number of hydrogen-bond acceptors (Lipinski definition) is 6. The molecule has 1 N–H and O–H groups in total. The number of rotatable bonds is 6. The van der Waals surface area contributed by atoms with Crippen LogP contribution in [0.2, 0.25) is 0 Å². The zero-order valence-electron chi connectivity index (χ0n) is 18.9. The molecule has 0 amide bonds. The van der Waals surface area contributed by atoms with Crippen LogP contribution in [-0.2, 0) is 18.3 Å². The summed E-state index contributed by atoms with van der Waals surface area (Å²) < 4.78 is 7.56. The third kappa shape index (κ3) is 4.95. The van der Waals surface area contributed by atoms with Crippen LogP contribution in [0.3, 0.4) is 0 Å². The van der Waals surface area contributed by atoms with Crippen molar-refractivity contribution in [1.29, 1.82) is 0 Å². The predicted molar refractivity (Wildman–Crippen MR) is 118 cm³/mol. The molecule has 168 valence electrons. The molecule has 0 spiro atoms. The molecule has 3 fully saturated rings. The van der Waals surface area contributed by atoms with Gasteiger partial charge in [-0.25, -0.2) is 4.99 Å². The van der Waals surface area contributed by atoms with Crippen LogP contribution in [0.4, 0.5) is 0 Å². The normalized spacial score (nSPS) is 26.6. The second-order valence-corrected chi connectivity index (χ2v) is 8.70. The Morgan fingerprint density at radius 2 is 2.00 bits per heavy atom. The van der Waals surface area contributed by atoms with Gasteiger partial charge in [0.25, 0.3) is 0 Å². The van der Waals surface area contributed by atoms with Gasteiger partial charge in [-0.1, -0.05) is 6.92 Å². The number of aliphatic imine (C=N–C) groups is 1. The van der Waals surface area contributed by atoms with E-state index in [0.717, 1.165) is 70.1 Å². The van der Waals surface area contributed by atoms with Gasteiger partial charge < -0.3 is 19.5 Å². The van der Waals surface area contributed by atoms with E-state index in [1.165, 1.54) is 25.8 Å². The second-order valence-electron chi connectivity index (χ2n) is 8.70. The first kappa shape index (κ1) is 21.5. The smallest absolute Gasteiger partial charge is 0.194 e. The number of morpholine rings is 1. The highest BCUT2D eigenvalue weighted by atomic mass is 16.5. The monoisotopic (exact) mass is 418 g/mol. The largest absolute Gasteiger partial charge is 0.379 e. The first-order valence-electron chi connectivity index (χ1n) is 11.6. The number of guanidine groups is 1. The number of likely N-dealkylation sites (N-methyl/N-ethyl adjacent to an activating group) is 1. The number of likely N-dealkylation sites (tertiary alicyclic amines) is 2. The van der Waals surface area contributed by atoms with Crippen LogP contribution in [0.25, 0.3) is 0 Å². The molecule has 2 atom stereocenters. The molecular formula is C21H38N8O. The Morgan fingerprint density at radius 3 is 2.73 bits per heavy atom. The van der Waals surface area contributed by atoms with Gasteiger partial charge in [0.1, 0.15) is 12.4 Å². The topological polar surface area (TPSA) is 74.0 Å². The van der Waals surface area contributed by atoms with E-state index in [0.29, 0.717) is 18.6 Å². The summed E-state index contributed by atoms with van der Waals surface area (Å²) in [4.78, 5) is 12.6. The molecule has 0 bridgehead atoms. The van der Waals surface area contributed by atoms with Gasteiger partial charge in [0.2, 0.25) is 0 Å². The van der Waals surface area contributed by atoms with Gasteiger partial charge in [0.05, 0.1) is 13.2 Å². The fourth-order valence-corrected chi connectivity index (χ4v) is 4.93. The standard InChI is InChI=1S/C21H38N8O/c1-4-27-8-5-6-18(27)14-22-21(23-15-20-25-24-17(2)26(20)3)29-9-7-19(16-29)28-10-12-30-13-11-28/h18-19H,4-16H2,1-3H3,(H,22,23). The van der Waals surface area contributed by atoms with E-state index in [1.54, 1.807) is 0 Å². The van der Waals surface area contributed by atoms with Crippen LogP contribution in [0.5, 0.6) is 0 Å². The highest BCUT2D eigenvalue weighted by molar-refractivity contribution is 5.80. The number of nitrogens with zero attached hydrogens (tertiary/aromatic N) is 7. The quantitative estimate of drug-likeness (QED) is 0.531. The zero-order valence-corrected chi connectivity index (χ0v) is 18.9. The molecule has 9 nitrogen and oxygen atoms in total. The van der Waals surface area contributed by atoms with Crippen LogP contribution in [0.15, 0.2) is 4.99 Å². The van der Waals surface area contributed by atoms with E-state index >= 15 is 0 Å². The van der Waals surface area contributed by atoms with Crippen molar-refractivity contribution >= 4 is 5.96 Å². The van der Waals surface area contributed by atoms with Gasteiger partial charge in [-0.15, -0.1) is 10.2 Å². The molecule has 4 rings (SSSR count). The van der Waals surface area contributed by atoms with Gasteiger partial charge in [0, 0.05) is 51.9 Å². The Morgan fingerprint density at radius 1 is 1.17 bits per heavy atom. The lowest BCUT2D eigenvalue weighted by Crippen LogP contribution is -2.48. The molecule has 1 aromatic rings. The summed E-state index contributed by atoms with van der Waals surface area (Å²) in [5, 5.41) is 12.2. The van der Waals surface area contributed by atoms with Crippen LogP contribution < -0.4 is 5.32 Å². The first-order valence-corrected chi connectivity index (χ1v) is 11.6. The van der Waals surface area contributed by atoms with Crippen molar-refractivity contribution in [1.82, 2.24) is 34.8 Å². The fourth-order valence-electron chi connectivity index (χ4n) is 4.93. The van der Waals surface area contributed by atoms with E-state index in [1.807, 2.05) is 18.5 Å². The Labute approximate surface area is 180 Å². The lowest BCUT2D eigenvalue weighted by molar-refractivity contribution is 0.0194. The average Bonchev–Trinajstić information content (AvgIpc) is 3.51. The third-order valence-corrected chi connectivity index (χ3v) is 6.98. The van der Waals surface area contributed by atoms with Gasteiger partial charge in [-0.05, 0) is 39.3 Å². The fraction of sp³-hybridized carbons (Fsp3) is 0.857. The molecule has 9 heteroatoms. The Bertz CT molecular complexity index is 714. The molecule has 2 unspecified atom stereocenters. The number of hydrogen-bond donors (Lipinski definition) is 1. The minimum absolute atomic E-state index is 0.556. The van der Waals surface area contributed by atoms with Crippen molar-refractivity contribution < 1.29 is 4.74 Å². The van der Waals surface area contributed by atoms with Crippen LogP contribution >= 0.6 is 0 Å². The molecule has 4 heterocycles. The number of aromatic nitrogens is 3. The van der Waals surface area contributed by atoms with Gasteiger partial charge in [-0.2, -0.15) is 0 Å². The van der Waals surface area contributed by atoms with Crippen molar-refractivity contribution in [2.75, 3.05) is 59.0 Å². The van der Waals surface area contributed by atoms with Crippen LogP contribution in [0.1, 0.15) is 37.8 Å². The minimum atomic E-state index is 0.556. The Balaban J connectivity index is 1.42. The molecule has 30 heavy (non-hydrogen) atoms. The summed E-state index contributed by atoms with van der Waals surface area (Å²) in [6.45, 7) is 14.0. The van der Waals surface area contributed by atoms with Crippen molar-refractivity contribution in [3.8, 4) is 0 Å². The summed E-state index contributed by atoms with van der Waals surface area (Å²) in [7, 11) is 2.01. The lowest BCUT2D eigenvalue weighted by atomic mass is 10.2. The first-order chi connectivity index (χ1) is 14.7. The molecule has 0 aliphatic carbocycles. The van der Waals surface area contributed by atoms with E-state index < -0.39 is 0 Å². The molecule has 0 aromatic carbocycles. The minimum Gasteiger partial charge on any atom is -0.379 e. The third-order valence-electron chi connectivity index (χ3n) is 6.98. The van der Waals surface area contributed by atoms with Gasteiger partial charge in [-0.3, -0.25) is 9.80 Å². The van der Waals surface area contributed by atoms with E-state index in [2.05, 4.69) is 37.1 Å². The van der Waals surface area contributed by atoms with Crippen LogP contribution in [-0.4, -0.2) is 107 Å². The molecule has 3 aliphatic heterocycles. The van der Waals surface area contributed by atoms with Crippen molar-refractivity contribution in [3.63, 3.8) is 0 Å². The number of ether oxygens (including phenoxy) is 1. The zero-order chi connectivity index (χ0) is 20.9. The number of nitrogens with one attached hydrogen (secondary N) is 1. The maximum Gasteiger partial charge on any atom is 0.194 e. The summed E-state index contributed by atoms with van der Waals surface area (Å²) in [6.07, 6.45) is 3.76. The molecule has 1 aromatic heterocycles. The summed E-state index contributed by atoms with van der Waals surface area (Å²) in [6, 6.07) is 1.20. The molecule has 3 saturated heterocycles. The van der Waals surface area contributed by atoms with E-state index in [9.17, 15) is 0 Å². The van der Waals surface area contributed by atoms with Crippen molar-refractivity contribution in [3.05, 3.63) is 11.6 Å².